The van der Waals surface area contributed by atoms with E-state index in [9.17, 15) is 4.79 Å². The summed E-state index contributed by atoms with van der Waals surface area (Å²) in [5.41, 5.74) is 3.09. The van der Waals surface area contributed by atoms with Crippen LogP contribution in [0.4, 0.5) is 0 Å². The van der Waals surface area contributed by atoms with Gasteiger partial charge in [0.1, 0.15) is 0 Å². The second-order valence-electron chi connectivity index (χ2n) is 5.35. The molecule has 1 fully saturated rings. The Kier molecular flexibility index (Phi) is 4.41. The maximum absolute atomic E-state index is 12.8. The number of Topliss-reactive ketones (excluding diaryl/α,β-unsaturated/α-hetero) is 1. The van der Waals surface area contributed by atoms with Crippen molar-refractivity contribution in [1.82, 2.24) is 0 Å². The van der Waals surface area contributed by atoms with Crippen molar-refractivity contribution in [2.75, 3.05) is 0 Å². The second kappa shape index (κ2) is 6.29. The number of hydrogen-bond acceptors (Lipinski definition) is 3. The molecule has 0 saturated heterocycles. The highest BCUT2D eigenvalue weighted by atomic mass is 32.2. The van der Waals surface area contributed by atoms with Gasteiger partial charge < -0.3 is 0 Å². The molecule has 3 rings (SSSR count). The molecule has 1 aliphatic heterocycles. The SMILES string of the molecule is CC1=C(C)SC(=C2CCCC(=Cc3ccccc3)C2=O)S1. The molecule has 3 heteroatoms. The standard InChI is InChI=1S/C18H18OS2/c1-12-13(2)21-18(20-12)16-10-6-9-15(17(16)19)11-14-7-4-3-5-8-14/h3-5,7-8,11H,6,9-10H2,1-2H3. The fourth-order valence-electron chi connectivity index (χ4n) is 2.53. The van der Waals surface area contributed by atoms with E-state index < -0.39 is 0 Å². The van der Waals surface area contributed by atoms with E-state index in [0.29, 0.717) is 0 Å². The van der Waals surface area contributed by atoms with Crippen molar-refractivity contribution in [2.45, 2.75) is 33.1 Å². The summed E-state index contributed by atoms with van der Waals surface area (Å²) >= 11 is 3.53. The van der Waals surface area contributed by atoms with Gasteiger partial charge in [0, 0.05) is 11.1 Å². The minimum absolute atomic E-state index is 0.252. The summed E-state index contributed by atoms with van der Waals surface area (Å²) in [5, 5.41) is 0. The van der Waals surface area contributed by atoms with Crippen LogP contribution in [0, 0.1) is 0 Å². The van der Waals surface area contributed by atoms with Crippen molar-refractivity contribution in [3.05, 3.63) is 61.1 Å². The molecule has 0 bridgehead atoms. The van der Waals surface area contributed by atoms with E-state index in [4.69, 9.17) is 0 Å². The molecule has 1 saturated carbocycles. The number of carbonyl (C=O) groups excluding carboxylic acids is 1. The van der Waals surface area contributed by atoms with Gasteiger partial charge in [-0.2, -0.15) is 0 Å². The third kappa shape index (κ3) is 3.19. The smallest absolute Gasteiger partial charge is 0.186 e. The first kappa shape index (κ1) is 14.7. The zero-order valence-electron chi connectivity index (χ0n) is 12.3. The third-order valence-corrected chi connectivity index (χ3v) is 6.53. The molecule has 0 spiro atoms. The van der Waals surface area contributed by atoms with E-state index >= 15 is 0 Å². The summed E-state index contributed by atoms with van der Waals surface area (Å²) in [4.78, 5) is 15.4. The van der Waals surface area contributed by atoms with Crippen LogP contribution >= 0.6 is 23.5 Å². The van der Waals surface area contributed by atoms with Crippen LogP contribution in [0.3, 0.4) is 0 Å². The molecular formula is C18H18OS2. The van der Waals surface area contributed by atoms with Crippen LogP contribution in [0.5, 0.6) is 0 Å². The molecule has 1 heterocycles. The van der Waals surface area contributed by atoms with Crippen molar-refractivity contribution < 1.29 is 4.79 Å². The topological polar surface area (TPSA) is 17.1 Å². The number of hydrogen-bond donors (Lipinski definition) is 0. The van der Waals surface area contributed by atoms with Gasteiger partial charge in [0.25, 0.3) is 0 Å². The van der Waals surface area contributed by atoms with Crippen LogP contribution in [0.1, 0.15) is 38.7 Å². The molecule has 0 atom stereocenters. The molecule has 1 aromatic carbocycles. The Balaban J connectivity index is 1.89. The van der Waals surface area contributed by atoms with E-state index in [0.717, 1.165) is 36.0 Å². The van der Waals surface area contributed by atoms with Gasteiger partial charge in [-0.15, -0.1) is 0 Å². The Morgan fingerprint density at radius 1 is 1.00 bits per heavy atom. The van der Waals surface area contributed by atoms with E-state index in [2.05, 4.69) is 32.1 Å². The fraction of sp³-hybridized carbons (Fsp3) is 0.278. The van der Waals surface area contributed by atoms with Crippen molar-refractivity contribution in [2.24, 2.45) is 0 Å². The lowest BCUT2D eigenvalue weighted by molar-refractivity contribution is -0.112. The molecule has 0 N–H and O–H groups in total. The number of rotatable bonds is 1. The third-order valence-electron chi connectivity index (χ3n) is 3.81. The minimum Gasteiger partial charge on any atom is -0.289 e. The largest absolute Gasteiger partial charge is 0.289 e. The van der Waals surface area contributed by atoms with Crippen LogP contribution in [-0.4, -0.2) is 5.78 Å². The molecule has 1 aromatic rings. The predicted octanol–water partition coefficient (Wildman–Crippen LogP) is 5.77. The summed E-state index contributed by atoms with van der Waals surface area (Å²) < 4.78 is 1.20. The maximum atomic E-state index is 12.8. The number of ketones is 1. The van der Waals surface area contributed by atoms with Gasteiger partial charge >= 0.3 is 0 Å². The molecule has 0 amide bonds. The van der Waals surface area contributed by atoms with Crippen molar-refractivity contribution in [1.29, 1.82) is 0 Å². The zero-order chi connectivity index (χ0) is 14.8. The van der Waals surface area contributed by atoms with Gasteiger partial charge in [-0.3, -0.25) is 4.79 Å². The van der Waals surface area contributed by atoms with Gasteiger partial charge in [-0.1, -0.05) is 53.9 Å². The lowest BCUT2D eigenvalue weighted by Crippen LogP contribution is -2.13. The van der Waals surface area contributed by atoms with Crippen molar-refractivity contribution in [3.8, 4) is 0 Å². The van der Waals surface area contributed by atoms with Gasteiger partial charge in [0.05, 0.1) is 4.24 Å². The van der Waals surface area contributed by atoms with Crippen LogP contribution in [0.25, 0.3) is 6.08 Å². The first-order valence-electron chi connectivity index (χ1n) is 7.22. The number of allylic oxidation sites excluding steroid dienone is 4. The van der Waals surface area contributed by atoms with E-state index in [-0.39, 0.29) is 5.78 Å². The fourth-order valence-corrected chi connectivity index (χ4v) is 5.17. The predicted molar refractivity (Wildman–Crippen MR) is 93.9 cm³/mol. The molecular weight excluding hydrogens is 296 g/mol. The Hall–Kier alpha value is -1.19. The van der Waals surface area contributed by atoms with Crippen molar-refractivity contribution in [3.63, 3.8) is 0 Å². The quantitative estimate of drug-likeness (QED) is 0.613. The number of thioether (sulfide) groups is 2. The van der Waals surface area contributed by atoms with E-state index in [1.165, 1.54) is 14.0 Å². The van der Waals surface area contributed by atoms with Gasteiger partial charge in [0.2, 0.25) is 0 Å². The Bertz CT molecular complexity index is 650. The number of benzene rings is 1. The molecule has 0 radical (unpaired) electrons. The molecule has 1 aliphatic carbocycles. The van der Waals surface area contributed by atoms with Gasteiger partial charge in [0.15, 0.2) is 5.78 Å². The summed E-state index contributed by atoms with van der Waals surface area (Å²) in [6, 6.07) is 10.1. The molecule has 2 aliphatic rings. The first-order chi connectivity index (χ1) is 10.1. The van der Waals surface area contributed by atoms with Crippen LogP contribution in [0.2, 0.25) is 0 Å². The molecule has 1 nitrogen and oxygen atoms in total. The van der Waals surface area contributed by atoms with Crippen LogP contribution in [0.15, 0.2) is 55.5 Å². The van der Waals surface area contributed by atoms with Gasteiger partial charge in [-0.05, 0) is 54.6 Å². The van der Waals surface area contributed by atoms with Gasteiger partial charge in [-0.25, -0.2) is 0 Å². The lowest BCUT2D eigenvalue weighted by atomic mass is 9.89. The van der Waals surface area contributed by atoms with E-state index in [1.54, 1.807) is 23.5 Å². The Morgan fingerprint density at radius 2 is 1.67 bits per heavy atom. The summed E-state index contributed by atoms with van der Waals surface area (Å²) in [6.07, 6.45) is 4.94. The molecule has 21 heavy (non-hydrogen) atoms. The first-order valence-corrected chi connectivity index (χ1v) is 8.85. The average molecular weight is 314 g/mol. The van der Waals surface area contributed by atoms with E-state index in [1.807, 2.05) is 18.2 Å². The zero-order valence-corrected chi connectivity index (χ0v) is 13.9. The Morgan fingerprint density at radius 3 is 2.33 bits per heavy atom. The number of carbonyl (C=O) groups is 1. The highest BCUT2D eigenvalue weighted by molar-refractivity contribution is 8.28. The summed E-state index contributed by atoms with van der Waals surface area (Å²) in [5.74, 6) is 0.252. The van der Waals surface area contributed by atoms with Crippen LogP contribution < -0.4 is 0 Å². The maximum Gasteiger partial charge on any atom is 0.186 e. The Labute approximate surface area is 134 Å². The minimum atomic E-state index is 0.252. The normalized spacial score (nSPS) is 21.6. The molecule has 108 valence electrons. The highest BCUT2D eigenvalue weighted by Crippen LogP contribution is 2.51. The summed E-state index contributed by atoms with van der Waals surface area (Å²) in [6.45, 7) is 4.27. The van der Waals surface area contributed by atoms with Crippen LogP contribution in [-0.2, 0) is 4.79 Å². The summed E-state index contributed by atoms with van der Waals surface area (Å²) in [7, 11) is 0. The monoisotopic (exact) mass is 314 g/mol. The second-order valence-corrected chi connectivity index (χ2v) is 8.05. The highest BCUT2D eigenvalue weighted by Gasteiger charge is 2.27. The molecule has 0 aromatic heterocycles. The van der Waals surface area contributed by atoms with Crippen molar-refractivity contribution >= 4 is 35.4 Å². The molecule has 0 unspecified atom stereocenters. The lowest BCUT2D eigenvalue weighted by Gasteiger charge is -2.18. The average Bonchev–Trinajstić information content (AvgIpc) is 2.82.